The van der Waals surface area contributed by atoms with Crippen LogP contribution in [-0.2, 0) is 11.8 Å². The molecule has 2 aliphatic heterocycles. The molecule has 2 amide bonds. The van der Waals surface area contributed by atoms with Crippen LogP contribution in [0, 0.1) is 6.92 Å². The fourth-order valence-electron chi connectivity index (χ4n) is 5.64. The normalized spacial score (nSPS) is 17.1. The highest BCUT2D eigenvalue weighted by molar-refractivity contribution is 6.36. The molecule has 4 heterocycles. The van der Waals surface area contributed by atoms with E-state index in [1.54, 1.807) is 13.2 Å². The van der Waals surface area contributed by atoms with Gasteiger partial charge in [0.15, 0.2) is 0 Å². The van der Waals surface area contributed by atoms with Crippen molar-refractivity contribution in [2.75, 3.05) is 25.6 Å². The molecule has 2 atom stereocenters. The van der Waals surface area contributed by atoms with E-state index in [4.69, 9.17) is 26.1 Å². The third-order valence-electron chi connectivity index (χ3n) is 8.03. The van der Waals surface area contributed by atoms with E-state index in [0.29, 0.717) is 53.2 Å². The first-order valence-electron chi connectivity index (χ1n) is 14.2. The Morgan fingerprint density at radius 1 is 1.16 bits per heavy atom. The van der Waals surface area contributed by atoms with Gasteiger partial charge in [0.1, 0.15) is 17.9 Å². The molecule has 0 spiro atoms. The second kappa shape index (κ2) is 12.1. The molecule has 0 aliphatic carbocycles. The summed E-state index contributed by atoms with van der Waals surface area (Å²) >= 11 is 7.04. The van der Waals surface area contributed by atoms with Crippen LogP contribution in [0.1, 0.15) is 40.4 Å². The number of benzene rings is 2. The Hall–Kier alpha value is -4.74. The Balaban J connectivity index is 1.29. The number of rotatable bonds is 8. The van der Waals surface area contributed by atoms with Crippen molar-refractivity contribution >= 4 is 29.1 Å². The lowest BCUT2D eigenvalue weighted by Crippen LogP contribution is -2.37. The third kappa shape index (κ3) is 5.51. The number of halogens is 1. The number of hydrogen-bond donors (Lipinski definition) is 3. The molecule has 11 nitrogen and oxygen atoms in total. The average Bonchev–Trinajstić information content (AvgIpc) is 3.63. The molecule has 12 heteroatoms. The fraction of sp³-hybridized carbons (Fsp3) is 0.281. The van der Waals surface area contributed by atoms with Gasteiger partial charge < -0.3 is 25.4 Å². The Morgan fingerprint density at radius 3 is 2.70 bits per heavy atom. The number of nitrogens with zero attached hydrogens (tertiary/aromatic N) is 3. The first kappa shape index (κ1) is 29.3. The smallest absolute Gasteiger partial charge is 0.279 e. The van der Waals surface area contributed by atoms with E-state index < -0.39 is 11.5 Å². The number of amides is 2. The molecule has 44 heavy (non-hydrogen) atoms. The Labute approximate surface area is 258 Å². The summed E-state index contributed by atoms with van der Waals surface area (Å²) in [6.45, 7) is 2.91. The van der Waals surface area contributed by atoms with Crippen LogP contribution in [0.5, 0.6) is 11.6 Å². The van der Waals surface area contributed by atoms with Gasteiger partial charge in [-0.1, -0.05) is 41.9 Å². The summed E-state index contributed by atoms with van der Waals surface area (Å²) in [7, 11) is 3.06. The van der Waals surface area contributed by atoms with E-state index in [9.17, 15) is 14.4 Å². The number of aromatic nitrogens is 3. The van der Waals surface area contributed by atoms with Gasteiger partial charge in [-0.2, -0.15) is 5.10 Å². The molecule has 0 saturated carbocycles. The molecular weight excluding hydrogens is 584 g/mol. The summed E-state index contributed by atoms with van der Waals surface area (Å²) in [6.07, 6.45) is 2.75. The molecule has 1 saturated heterocycles. The lowest BCUT2D eigenvalue weighted by Gasteiger charge is -2.18. The number of methoxy groups -OCH3 is 1. The molecule has 6 rings (SSSR count). The molecule has 0 radical (unpaired) electrons. The number of ether oxygens (including phenoxy) is 2. The van der Waals surface area contributed by atoms with Gasteiger partial charge in [-0.05, 0) is 36.6 Å². The highest BCUT2D eigenvalue weighted by Crippen LogP contribution is 2.44. The first-order valence-corrected chi connectivity index (χ1v) is 14.6. The minimum atomic E-state index is -0.525. The highest BCUT2D eigenvalue weighted by Gasteiger charge is 2.32. The Kier molecular flexibility index (Phi) is 8.07. The van der Waals surface area contributed by atoms with Crippen LogP contribution < -0.4 is 31.0 Å². The van der Waals surface area contributed by atoms with Crippen LogP contribution in [0.2, 0.25) is 5.02 Å². The number of anilines is 1. The predicted molar refractivity (Wildman–Crippen MR) is 166 cm³/mol. The molecule has 4 aromatic rings. The average molecular weight is 615 g/mol. The van der Waals surface area contributed by atoms with Crippen molar-refractivity contribution in [2.45, 2.75) is 31.8 Å². The Morgan fingerprint density at radius 2 is 1.93 bits per heavy atom. The minimum absolute atomic E-state index is 0.00562. The van der Waals surface area contributed by atoms with Crippen LogP contribution in [0.3, 0.4) is 0 Å². The molecule has 1 fully saturated rings. The number of fused-ring (bicyclic) bond motifs is 1. The molecule has 2 aromatic carbocycles. The van der Waals surface area contributed by atoms with Crippen molar-refractivity contribution in [3.63, 3.8) is 0 Å². The lowest BCUT2D eigenvalue weighted by atomic mass is 9.96. The predicted octanol–water partition coefficient (Wildman–Crippen LogP) is 4.03. The molecule has 2 aliphatic rings. The van der Waals surface area contributed by atoms with E-state index in [-0.39, 0.29) is 23.6 Å². The van der Waals surface area contributed by atoms with Gasteiger partial charge in [-0.3, -0.25) is 14.4 Å². The zero-order chi connectivity index (χ0) is 31.0. The van der Waals surface area contributed by atoms with E-state index in [2.05, 4.69) is 21.0 Å². The fourth-order valence-corrected chi connectivity index (χ4v) is 5.97. The molecule has 0 bridgehead atoms. The monoisotopic (exact) mass is 614 g/mol. The molecule has 0 unspecified atom stereocenters. The molecule has 2 aromatic heterocycles. The van der Waals surface area contributed by atoms with Gasteiger partial charge in [0, 0.05) is 55.1 Å². The van der Waals surface area contributed by atoms with Gasteiger partial charge in [0.2, 0.25) is 11.8 Å². The van der Waals surface area contributed by atoms with Crippen molar-refractivity contribution in [3.8, 4) is 34.0 Å². The van der Waals surface area contributed by atoms with Crippen molar-refractivity contribution in [1.82, 2.24) is 25.4 Å². The van der Waals surface area contributed by atoms with Crippen molar-refractivity contribution in [2.24, 2.45) is 7.05 Å². The van der Waals surface area contributed by atoms with E-state index in [1.807, 2.05) is 43.3 Å². The van der Waals surface area contributed by atoms with Gasteiger partial charge in [0.05, 0.1) is 29.4 Å². The van der Waals surface area contributed by atoms with Crippen LogP contribution in [0.25, 0.3) is 22.4 Å². The number of aryl methyl sites for hydroxylation is 1. The third-order valence-corrected chi connectivity index (χ3v) is 8.43. The quantitative estimate of drug-likeness (QED) is 0.271. The van der Waals surface area contributed by atoms with Crippen LogP contribution in [-0.4, -0.2) is 52.9 Å². The number of hydrogen-bond acceptors (Lipinski definition) is 8. The van der Waals surface area contributed by atoms with E-state index >= 15 is 0 Å². The summed E-state index contributed by atoms with van der Waals surface area (Å²) in [5.41, 5.74) is 4.50. The lowest BCUT2D eigenvalue weighted by molar-refractivity contribution is -0.119. The molecular formula is C32H31ClN6O5. The zero-order valence-electron chi connectivity index (χ0n) is 24.4. The number of pyridine rings is 1. The van der Waals surface area contributed by atoms with Gasteiger partial charge in [0.25, 0.3) is 11.5 Å². The number of carbonyl (C=O) groups is 2. The second-order valence-electron chi connectivity index (χ2n) is 10.8. The van der Waals surface area contributed by atoms with Gasteiger partial charge in [-0.25, -0.2) is 9.67 Å². The van der Waals surface area contributed by atoms with Crippen LogP contribution >= 0.6 is 11.6 Å². The summed E-state index contributed by atoms with van der Waals surface area (Å²) in [6, 6.07) is 14.4. The summed E-state index contributed by atoms with van der Waals surface area (Å²) < 4.78 is 12.9. The van der Waals surface area contributed by atoms with Crippen molar-refractivity contribution in [3.05, 3.63) is 86.8 Å². The van der Waals surface area contributed by atoms with E-state index in [1.165, 1.54) is 19.3 Å². The van der Waals surface area contributed by atoms with Crippen molar-refractivity contribution < 1.29 is 19.1 Å². The summed E-state index contributed by atoms with van der Waals surface area (Å²) in [5, 5.41) is 13.7. The van der Waals surface area contributed by atoms with Gasteiger partial charge in [-0.15, -0.1) is 0 Å². The topological polar surface area (TPSA) is 136 Å². The summed E-state index contributed by atoms with van der Waals surface area (Å²) in [5.74, 6) is 0.645. The second-order valence-corrected chi connectivity index (χ2v) is 11.2. The van der Waals surface area contributed by atoms with Crippen LogP contribution in [0.15, 0.2) is 59.5 Å². The van der Waals surface area contributed by atoms with Crippen LogP contribution in [0.4, 0.5) is 5.69 Å². The number of nitrogens with one attached hydrogen (secondary N) is 3. The highest BCUT2D eigenvalue weighted by atomic mass is 35.5. The number of carbonyl (C=O) groups excluding carboxylic acids is 2. The van der Waals surface area contributed by atoms with E-state index in [0.717, 1.165) is 33.4 Å². The maximum atomic E-state index is 13.0. The summed E-state index contributed by atoms with van der Waals surface area (Å²) in [4.78, 5) is 41.8. The minimum Gasteiger partial charge on any atom is -0.491 e. The maximum Gasteiger partial charge on any atom is 0.279 e. The first-order chi connectivity index (χ1) is 21.2. The maximum absolute atomic E-state index is 13.0. The van der Waals surface area contributed by atoms with Crippen molar-refractivity contribution in [1.29, 1.82) is 0 Å². The SMILES string of the molecule is COc1nc(-c2cccc(-c3cccc(NC(=O)c4ccnn(C)c4=O)c3C)c2Cl)cc2c1[C@@H](NC[C@@H]1CCC(=O)N1)CO2. The Bertz CT molecular complexity index is 1840. The molecule has 3 N–H and O–H groups in total. The molecule has 226 valence electrons. The van der Waals surface area contributed by atoms with Gasteiger partial charge >= 0.3 is 0 Å². The zero-order valence-corrected chi connectivity index (χ0v) is 25.2. The standard InChI is InChI=1S/C32H31ClN6O5/c1-17-19(6-5-9-23(17)37-30(41)22-12-13-35-39(2)32(22)42)20-7-4-8-21(29(20)33)24-14-26-28(31(38-24)43-3)25(16-44-26)34-15-18-10-11-27(40)36-18/h4-9,12-14,18,25,34H,10-11,15-16H2,1-3H3,(H,36,40)(H,37,41)/t18-,25-/m0/s1. The largest absolute Gasteiger partial charge is 0.491 e.